The molecule has 2 rings (SSSR count). The number of ether oxygens (including phenoxy) is 1. The fraction of sp³-hybridized carbons (Fsp3) is 0. The number of hydrogen-bond acceptors (Lipinski definition) is 5. The third kappa shape index (κ3) is 3.01. The van der Waals surface area contributed by atoms with Crippen LogP contribution in [0.3, 0.4) is 0 Å². The second-order valence-electron chi connectivity index (χ2n) is 3.66. The summed E-state index contributed by atoms with van der Waals surface area (Å²) in [5.74, 6) is -1.34. The van der Waals surface area contributed by atoms with E-state index >= 15 is 0 Å². The number of pyridine rings is 1. The predicted molar refractivity (Wildman–Crippen MR) is 69.4 cm³/mol. The minimum absolute atomic E-state index is 0.0435. The van der Waals surface area contributed by atoms with Crippen LogP contribution in [0.15, 0.2) is 36.5 Å². The molecule has 8 heteroatoms. The second kappa shape index (κ2) is 5.54. The quantitative estimate of drug-likeness (QED) is 0.686. The van der Waals surface area contributed by atoms with Gasteiger partial charge in [0, 0.05) is 23.4 Å². The van der Waals surface area contributed by atoms with E-state index in [0.29, 0.717) is 0 Å². The summed E-state index contributed by atoms with van der Waals surface area (Å²) in [6.07, 6.45) is 1.19. The lowest BCUT2D eigenvalue weighted by molar-refractivity contribution is -0.385. The van der Waals surface area contributed by atoms with Gasteiger partial charge in [-0.25, -0.2) is 9.78 Å². The zero-order valence-corrected chi connectivity index (χ0v) is 10.6. The lowest BCUT2D eigenvalue weighted by Crippen LogP contribution is -2.00. The first-order valence-corrected chi connectivity index (χ1v) is 5.66. The highest BCUT2D eigenvalue weighted by molar-refractivity contribution is 6.30. The number of aromatic nitrogens is 1. The summed E-state index contributed by atoms with van der Waals surface area (Å²) in [6.45, 7) is 0. The van der Waals surface area contributed by atoms with Crippen molar-refractivity contribution in [2.45, 2.75) is 0 Å². The Morgan fingerprint density at radius 3 is 2.75 bits per heavy atom. The molecule has 20 heavy (non-hydrogen) atoms. The number of carbonyl (C=O) groups is 1. The van der Waals surface area contributed by atoms with Crippen molar-refractivity contribution in [3.05, 3.63) is 57.2 Å². The predicted octanol–water partition coefficient (Wildman–Crippen LogP) is 3.13. The summed E-state index contributed by atoms with van der Waals surface area (Å²) in [4.78, 5) is 24.9. The van der Waals surface area contributed by atoms with Gasteiger partial charge in [0.1, 0.15) is 11.3 Å². The summed E-state index contributed by atoms with van der Waals surface area (Å²) in [6, 6.07) is 6.26. The number of carboxylic acid groups (broad SMARTS) is 1. The van der Waals surface area contributed by atoms with Gasteiger partial charge in [-0.15, -0.1) is 0 Å². The molecule has 0 amide bonds. The molecular formula is C12H7ClN2O5. The van der Waals surface area contributed by atoms with Crippen molar-refractivity contribution >= 4 is 23.3 Å². The average molecular weight is 295 g/mol. The molecule has 0 spiro atoms. The van der Waals surface area contributed by atoms with Crippen LogP contribution >= 0.6 is 11.6 Å². The van der Waals surface area contributed by atoms with Crippen LogP contribution in [-0.4, -0.2) is 21.0 Å². The largest absolute Gasteiger partial charge is 0.478 e. The van der Waals surface area contributed by atoms with Gasteiger partial charge in [0.2, 0.25) is 5.88 Å². The molecule has 0 bridgehead atoms. The number of carboxylic acids is 1. The molecular weight excluding hydrogens is 288 g/mol. The van der Waals surface area contributed by atoms with Gasteiger partial charge in [0.15, 0.2) is 0 Å². The van der Waals surface area contributed by atoms with E-state index < -0.39 is 10.9 Å². The van der Waals surface area contributed by atoms with Crippen molar-refractivity contribution in [1.29, 1.82) is 0 Å². The molecule has 0 fully saturated rings. The molecule has 2 aromatic rings. The number of hydrogen-bond donors (Lipinski definition) is 1. The summed E-state index contributed by atoms with van der Waals surface area (Å²) < 4.78 is 5.26. The lowest BCUT2D eigenvalue weighted by Gasteiger charge is -2.08. The first kappa shape index (κ1) is 13.8. The number of nitro groups is 1. The minimum Gasteiger partial charge on any atom is -0.478 e. The molecule has 0 saturated heterocycles. The Kier molecular flexibility index (Phi) is 3.81. The maximum absolute atomic E-state index is 11.0. The lowest BCUT2D eigenvalue weighted by atomic mass is 10.2. The van der Waals surface area contributed by atoms with Crippen molar-refractivity contribution in [2.75, 3.05) is 0 Å². The topological polar surface area (TPSA) is 103 Å². The summed E-state index contributed by atoms with van der Waals surface area (Å²) in [7, 11) is 0. The fourth-order valence-corrected chi connectivity index (χ4v) is 1.60. The molecule has 7 nitrogen and oxygen atoms in total. The van der Waals surface area contributed by atoms with E-state index in [9.17, 15) is 14.9 Å². The van der Waals surface area contributed by atoms with Crippen LogP contribution < -0.4 is 4.74 Å². The molecule has 102 valence electrons. The number of aromatic carboxylic acids is 1. The molecule has 0 atom stereocenters. The minimum atomic E-state index is -1.21. The van der Waals surface area contributed by atoms with Crippen LogP contribution in [-0.2, 0) is 0 Å². The molecule has 0 aliphatic carbocycles. The highest BCUT2D eigenvalue weighted by Crippen LogP contribution is 2.28. The Labute approximate surface area is 117 Å². The Morgan fingerprint density at radius 1 is 1.35 bits per heavy atom. The monoisotopic (exact) mass is 294 g/mol. The second-order valence-corrected chi connectivity index (χ2v) is 4.09. The molecule has 1 aromatic heterocycles. The third-order valence-corrected chi connectivity index (χ3v) is 2.55. The van der Waals surface area contributed by atoms with Crippen LogP contribution in [0.2, 0.25) is 5.02 Å². The maximum Gasteiger partial charge on any atom is 0.339 e. The molecule has 0 aliphatic rings. The first-order chi connectivity index (χ1) is 9.47. The molecule has 0 radical (unpaired) electrons. The van der Waals surface area contributed by atoms with Gasteiger partial charge in [-0.05, 0) is 12.1 Å². The van der Waals surface area contributed by atoms with Crippen LogP contribution in [0, 0.1) is 10.1 Å². The molecule has 1 aromatic carbocycles. The number of rotatable bonds is 4. The van der Waals surface area contributed by atoms with E-state index in [1.54, 1.807) is 0 Å². The summed E-state index contributed by atoms with van der Waals surface area (Å²) in [5.41, 5.74) is -0.336. The average Bonchev–Trinajstić information content (AvgIpc) is 2.38. The van der Waals surface area contributed by atoms with Crippen LogP contribution in [0.4, 0.5) is 5.69 Å². The SMILES string of the molecule is O=C(O)c1ccc(Cl)cc1Oc1cc([N+](=O)[O-])ccn1. The maximum atomic E-state index is 11.0. The number of nitrogens with zero attached hydrogens (tertiary/aromatic N) is 2. The molecule has 1 N–H and O–H groups in total. The first-order valence-electron chi connectivity index (χ1n) is 5.28. The zero-order valence-electron chi connectivity index (χ0n) is 9.82. The van der Waals surface area contributed by atoms with E-state index in [2.05, 4.69) is 4.98 Å². The zero-order chi connectivity index (χ0) is 14.7. The van der Waals surface area contributed by atoms with E-state index in [1.165, 1.54) is 30.5 Å². The van der Waals surface area contributed by atoms with Gasteiger partial charge in [-0.2, -0.15) is 0 Å². The Bertz CT molecular complexity index is 689. The van der Waals surface area contributed by atoms with Crippen LogP contribution in [0.25, 0.3) is 0 Å². The van der Waals surface area contributed by atoms with Crippen LogP contribution in [0.1, 0.15) is 10.4 Å². The van der Waals surface area contributed by atoms with Gasteiger partial charge >= 0.3 is 5.97 Å². The van der Waals surface area contributed by atoms with E-state index in [1.807, 2.05) is 0 Å². The van der Waals surface area contributed by atoms with E-state index in [-0.39, 0.29) is 27.9 Å². The van der Waals surface area contributed by atoms with Crippen molar-refractivity contribution in [3.8, 4) is 11.6 Å². The molecule has 0 saturated carbocycles. The Balaban J connectivity index is 2.39. The summed E-state index contributed by atoms with van der Waals surface area (Å²) >= 11 is 5.77. The highest BCUT2D eigenvalue weighted by atomic mass is 35.5. The third-order valence-electron chi connectivity index (χ3n) is 2.32. The van der Waals surface area contributed by atoms with Gasteiger partial charge in [0.05, 0.1) is 11.0 Å². The smallest absolute Gasteiger partial charge is 0.339 e. The van der Waals surface area contributed by atoms with Crippen molar-refractivity contribution in [3.63, 3.8) is 0 Å². The van der Waals surface area contributed by atoms with Gasteiger partial charge in [-0.3, -0.25) is 10.1 Å². The normalized spacial score (nSPS) is 10.1. The van der Waals surface area contributed by atoms with E-state index in [4.69, 9.17) is 21.4 Å². The molecule has 0 unspecified atom stereocenters. The summed E-state index contributed by atoms with van der Waals surface area (Å²) in [5, 5.41) is 19.9. The highest BCUT2D eigenvalue weighted by Gasteiger charge is 2.15. The van der Waals surface area contributed by atoms with Crippen molar-refractivity contribution in [2.24, 2.45) is 0 Å². The Hall–Kier alpha value is -2.67. The Morgan fingerprint density at radius 2 is 2.10 bits per heavy atom. The van der Waals surface area contributed by atoms with Crippen molar-refractivity contribution < 1.29 is 19.6 Å². The standard InChI is InChI=1S/C12H7ClN2O5/c13-7-1-2-9(12(16)17)10(5-7)20-11-6-8(15(18)19)3-4-14-11/h1-6H,(H,16,17). The number of halogens is 1. The van der Waals surface area contributed by atoms with Gasteiger partial charge < -0.3 is 9.84 Å². The van der Waals surface area contributed by atoms with Crippen molar-refractivity contribution in [1.82, 2.24) is 4.98 Å². The molecule has 1 heterocycles. The molecule has 0 aliphatic heterocycles. The number of benzene rings is 1. The van der Waals surface area contributed by atoms with Gasteiger partial charge in [-0.1, -0.05) is 11.6 Å². The van der Waals surface area contributed by atoms with Crippen LogP contribution in [0.5, 0.6) is 11.6 Å². The van der Waals surface area contributed by atoms with Gasteiger partial charge in [0.25, 0.3) is 5.69 Å². The fourth-order valence-electron chi connectivity index (χ4n) is 1.44. The van der Waals surface area contributed by atoms with E-state index in [0.717, 1.165) is 6.07 Å².